The average Bonchev–Trinajstić information content (AvgIpc) is 1.77. The first-order valence-corrected chi connectivity index (χ1v) is 38.5. The van der Waals surface area contributed by atoms with Crippen LogP contribution in [-0.4, -0.2) is 132 Å². The fourth-order valence-electron chi connectivity index (χ4n) is 9.61. The van der Waals surface area contributed by atoms with Crippen molar-refractivity contribution in [2.24, 2.45) is 0 Å². The first kappa shape index (κ1) is 89.1. The molecule has 1 unspecified atom stereocenters. The molecule has 0 saturated heterocycles. The molecule has 0 spiro atoms. The van der Waals surface area contributed by atoms with Gasteiger partial charge in [0.2, 0.25) is 20.2 Å². The van der Waals surface area contributed by atoms with Crippen molar-refractivity contribution >= 4 is 60.1 Å². The molecule has 586 valence electrons. The number of hydrogen-bond donors (Lipinski definition) is 1. The number of thioether (sulfide) groups is 2. The Hall–Kier alpha value is -9.11. The molecule has 8 heterocycles. The van der Waals surface area contributed by atoms with Crippen LogP contribution in [0.15, 0.2) is 216 Å². The van der Waals surface area contributed by atoms with Gasteiger partial charge in [0.15, 0.2) is 10.3 Å². The molecule has 12 rings (SSSR count). The van der Waals surface area contributed by atoms with E-state index in [2.05, 4.69) is 66.9 Å². The Morgan fingerprint density at radius 1 is 0.486 bits per heavy atom. The van der Waals surface area contributed by atoms with Crippen molar-refractivity contribution in [1.29, 1.82) is 0 Å². The van der Waals surface area contributed by atoms with Crippen molar-refractivity contribution in [2.75, 3.05) is 60.6 Å². The van der Waals surface area contributed by atoms with Crippen LogP contribution in [0.2, 0.25) is 0 Å². The van der Waals surface area contributed by atoms with E-state index in [4.69, 9.17) is 20.3 Å². The standard InChI is InChI=1S/C18H16F3N3O3S.C18H16F3N3O2S.C18H16F3N3OS.C10H8F3N3S.C8H9BrO.CH3F.Na.H/c1-27-14-5-3-4-12(8-14)10-24-7-6-13(11-24)15-9-16(18(19,20)21)23-17(22-15)28(2,25)26;1-26-14-5-3-4-12(8-14)10-24-7-6-13(11-24)15-9-16(18(19,20)21)23-17(22-15)27(2)25;1-25-14-5-3-4-12(8-14)10-24-7-6-13(11-24)15-9-16(18(19,20)21)23-17(22-15)26-2;1-17-9-15-7(6-2-3-14-5-6)4-8(16-9)10(11,12)13;1-10-8-4-2-3-7(5-8)6-9;1-2;;/h3-9,11H,10H2,1-2H3;3-9,11H,10H2,1-2H3;3-9,11H,10H2,1-2H3;2-5,14H,1H3;2-5H,6H2,1H3;1H3;;/q;;;;;;+1;-1/i;;;;;1D;;. The maximum atomic E-state index is 13.1. The molecule has 0 radical (unpaired) electrons. The molecule has 12 aromatic rings. The number of hydrogen-bond acceptors (Lipinski definition) is 17. The third-order valence-corrected chi connectivity index (χ3v) is 18.0. The van der Waals surface area contributed by atoms with E-state index in [-0.39, 0.29) is 69.2 Å². The number of ether oxygens (including phenoxy) is 4. The van der Waals surface area contributed by atoms with Gasteiger partial charge in [-0.3, -0.25) is 8.60 Å². The van der Waals surface area contributed by atoms with E-state index in [1.807, 2.05) is 100 Å². The number of nitrogens with zero attached hydrogens (tertiary/aromatic N) is 11. The molecule has 0 aliphatic heterocycles. The number of benzene rings is 4. The molecule has 0 amide bonds. The summed E-state index contributed by atoms with van der Waals surface area (Å²) in [5.41, 5.74) is 2.40. The maximum Gasteiger partial charge on any atom is 1.00 e. The minimum absolute atomic E-state index is 0. The Balaban J connectivity index is 0.000000256. The van der Waals surface area contributed by atoms with E-state index in [0.717, 1.165) is 93.3 Å². The predicted molar refractivity (Wildman–Crippen MR) is 397 cm³/mol. The van der Waals surface area contributed by atoms with Crippen LogP contribution in [0.4, 0.5) is 57.1 Å². The summed E-state index contributed by atoms with van der Waals surface area (Å²) < 4.78 is 232. The summed E-state index contributed by atoms with van der Waals surface area (Å²) in [5, 5.41) is -0.130. The zero-order valence-electron chi connectivity index (χ0n) is 62.2. The van der Waals surface area contributed by atoms with Gasteiger partial charge in [0, 0.05) is 109 Å². The maximum absolute atomic E-state index is 13.1. The monoisotopic (exact) mass is 1700 g/mol. The van der Waals surface area contributed by atoms with Crippen LogP contribution in [-0.2, 0) is 70.3 Å². The molecule has 19 nitrogen and oxygen atoms in total. The summed E-state index contributed by atoms with van der Waals surface area (Å²) >= 11 is 5.52. The van der Waals surface area contributed by atoms with Crippen LogP contribution in [0.5, 0.6) is 23.0 Å². The van der Waals surface area contributed by atoms with Gasteiger partial charge < -0.3 is 39.1 Å². The number of H-pyrrole nitrogens is 1. The number of aromatic amines is 1. The Bertz CT molecular complexity index is 5150. The summed E-state index contributed by atoms with van der Waals surface area (Å²) in [6, 6.07) is 40.6. The summed E-state index contributed by atoms with van der Waals surface area (Å²) in [6.07, 6.45) is 0.372. The summed E-state index contributed by atoms with van der Waals surface area (Å²) in [5.74, 6) is 3.08. The van der Waals surface area contributed by atoms with E-state index in [9.17, 15) is 69.7 Å². The molecule has 0 aliphatic carbocycles. The van der Waals surface area contributed by atoms with Crippen molar-refractivity contribution in [2.45, 2.75) is 70.3 Å². The first-order valence-electron chi connectivity index (χ1n) is 32.2. The smallest absolute Gasteiger partial charge is 1.00 e. The molecule has 0 bridgehead atoms. The molecular formula is C73H69BrF13N12NaO7S4. The third-order valence-electron chi connectivity index (χ3n) is 14.8. The molecule has 38 heteroatoms. The molecule has 4 aromatic carbocycles. The van der Waals surface area contributed by atoms with Crippen LogP contribution < -0.4 is 48.5 Å². The molecule has 1 N–H and O–H groups in total. The fraction of sp³-hybridized carbons (Fsp3) is 0.233. The van der Waals surface area contributed by atoms with Gasteiger partial charge in [-0.1, -0.05) is 88.0 Å². The van der Waals surface area contributed by atoms with Crippen molar-refractivity contribution in [3.8, 4) is 68.0 Å². The second-order valence-corrected chi connectivity index (χ2v) is 28.0. The number of halogens is 14. The number of alkyl halides is 14. The summed E-state index contributed by atoms with van der Waals surface area (Å²) in [6.45, 7) is 1.54. The zero-order chi connectivity index (χ0) is 81.4. The molecular weight excluding hydrogens is 1640 g/mol. The van der Waals surface area contributed by atoms with Gasteiger partial charge in [0.1, 0.15) is 45.8 Å². The molecule has 111 heavy (non-hydrogen) atoms. The number of methoxy groups -OCH3 is 4. The second-order valence-electron chi connectivity index (χ2n) is 22.7. The van der Waals surface area contributed by atoms with Crippen molar-refractivity contribution < 1.29 is 121 Å². The van der Waals surface area contributed by atoms with Gasteiger partial charge in [0.05, 0.1) is 70.5 Å². The third kappa shape index (κ3) is 27.7. The van der Waals surface area contributed by atoms with Gasteiger partial charge in [0.25, 0.3) is 0 Å². The van der Waals surface area contributed by atoms with Crippen molar-refractivity contribution in [1.82, 2.24) is 58.6 Å². The summed E-state index contributed by atoms with van der Waals surface area (Å²) in [4.78, 5) is 32.4. The van der Waals surface area contributed by atoms with Crippen LogP contribution in [0.25, 0.3) is 45.0 Å². The Kier molecular flexibility index (Phi) is 33.3. The quantitative estimate of drug-likeness (QED) is 0.0261. The second kappa shape index (κ2) is 41.4. The van der Waals surface area contributed by atoms with Crippen LogP contribution in [0, 0.1) is 0 Å². The van der Waals surface area contributed by atoms with Crippen LogP contribution in [0.1, 0.15) is 47.8 Å². The normalized spacial score (nSPS) is 11.7. The van der Waals surface area contributed by atoms with Crippen molar-refractivity contribution in [3.05, 3.63) is 240 Å². The van der Waals surface area contributed by atoms with Crippen molar-refractivity contribution in [3.63, 3.8) is 0 Å². The number of rotatable bonds is 19. The Morgan fingerprint density at radius 2 is 0.811 bits per heavy atom. The number of sulfone groups is 1. The van der Waals surface area contributed by atoms with E-state index in [1.165, 1.54) is 11.8 Å². The van der Waals surface area contributed by atoms with E-state index in [1.54, 1.807) is 119 Å². The van der Waals surface area contributed by atoms with Gasteiger partial charge in [-0.15, -0.1) is 0 Å². The van der Waals surface area contributed by atoms with E-state index < -0.39 is 80.4 Å². The fourth-order valence-corrected chi connectivity index (χ4v) is 11.7. The Labute approximate surface area is 674 Å². The molecule has 0 aliphatic rings. The zero-order valence-corrected chi connectivity index (χ0v) is 67.1. The van der Waals surface area contributed by atoms with Gasteiger partial charge in [-0.05, 0) is 132 Å². The largest absolute Gasteiger partial charge is 1.00 e. The predicted octanol–water partition coefficient (Wildman–Crippen LogP) is 15.4. The van der Waals surface area contributed by atoms with E-state index in [0.29, 0.717) is 47.6 Å². The van der Waals surface area contributed by atoms with Gasteiger partial charge in [-0.25, -0.2) is 48.3 Å². The molecule has 1 atom stereocenters. The Morgan fingerprint density at radius 3 is 1.13 bits per heavy atom. The van der Waals surface area contributed by atoms with E-state index >= 15 is 0 Å². The SMILES string of the molecule is COc1cccc(CBr)c1.COc1cccc(Cn2ccc(-c3cc(C(F)(F)F)nc(S(C)(=O)=O)n3)c2)c1.COc1cccc(Cn2ccc(-c3cc(C(F)(F)F)nc(S(C)=O)n3)c2)c1.COc1cccc(Cn2ccc(-c3cc(C(F)(F)F)nc(SC)n3)c2)c1.CSc1nc(-c2cc[nH]c2)cc(C(F)(F)F)n1.[2H]CF.[H-].[Na+]. The number of nitrogens with one attached hydrogen (secondary N) is 1. The summed E-state index contributed by atoms with van der Waals surface area (Å²) in [7, 11) is -0.329. The van der Waals surface area contributed by atoms with Gasteiger partial charge >= 0.3 is 54.3 Å². The molecule has 0 saturated carbocycles. The molecule has 8 aromatic heterocycles. The first-order chi connectivity index (χ1) is 52.5. The average molecular weight is 1710 g/mol. The van der Waals surface area contributed by atoms with Gasteiger partial charge in [-0.2, -0.15) is 52.7 Å². The minimum Gasteiger partial charge on any atom is -1.00 e. The van der Waals surface area contributed by atoms with Crippen LogP contribution >= 0.6 is 39.5 Å². The number of aromatic nitrogens is 12. The minimum atomic E-state index is -4.79. The topological polar surface area (TPSA) is 222 Å². The molecule has 0 fully saturated rings. The van der Waals surface area contributed by atoms with Crippen LogP contribution in [0.3, 0.4) is 0 Å².